The molecular weight excluding hydrogens is 148 g/mol. The van der Waals surface area contributed by atoms with E-state index in [2.05, 4.69) is 13.8 Å². The van der Waals surface area contributed by atoms with E-state index in [-0.39, 0.29) is 0 Å². The Balaban J connectivity index is 1.94. The Hall–Kier alpha value is -0.0400. The van der Waals surface area contributed by atoms with Crippen LogP contribution in [0, 0.1) is 17.8 Å². The Morgan fingerprint density at radius 3 is 2.75 bits per heavy atom. The van der Waals surface area contributed by atoms with Crippen molar-refractivity contribution in [1.82, 2.24) is 0 Å². The molecule has 0 N–H and O–H groups in total. The highest BCUT2D eigenvalue weighted by molar-refractivity contribution is 4.87. The van der Waals surface area contributed by atoms with Gasteiger partial charge in [-0.2, -0.15) is 0 Å². The summed E-state index contributed by atoms with van der Waals surface area (Å²) in [6, 6.07) is 0. The molecule has 1 heterocycles. The van der Waals surface area contributed by atoms with E-state index in [1.54, 1.807) is 0 Å². The van der Waals surface area contributed by atoms with E-state index in [4.69, 9.17) is 4.74 Å². The summed E-state index contributed by atoms with van der Waals surface area (Å²) in [6.45, 7) is 5.72. The number of ether oxygens (including phenoxy) is 1. The molecule has 1 aliphatic carbocycles. The van der Waals surface area contributed by atoms with Crippen molar-refractivity contribution in [3.8, 4) is 0 Å². The van der Waals surface area contributed by atoms with Crippen molar-refractivity contribution >= 4 is 0 Å². The largest absolute Gasteiger partial charge is 0.378 e. The fourth-order valence-electron chi connectivity index (χ4n) is 2.76. The Morgan fingerprint density at radius 2 is 2.08 bits per heavy atom. The van der Waals surface area contributed by atoms with Crippen LogP contribution >= 0.6 is 0 Å². The number of fused-ring (bicyclic) bond motifs is 1. The molecule has 1 saturated carbocycles. The molecule has 0 bridgehead atoms. The molecule has 0 radical (unpaired) electrons. The standard InChI is InChI=1S/C11H20O/c1-8(2)10-6-9-4-3-5-12-11(9)7-10/h8-11H,3-7H2,1-2H3. The third-order valence-electron chi connectivity index (χ3n) is 3.66. The highest BCUT2D eigenvalue weighted by atomic mass is 16.5. The molecule has 2 aliphatic rings. The SMILES string of the molecule is CC(C)C1CC2CCCOC2C1. The first kappa shape index (κ1) is 8.55. The lowest BCUT2D eigenvalue weighted by Crippen LogP contribution is -2.24. The summed E-state index contributed by atoms with van der Waals surface area (Å²) in [5.74, 6) is 2.71. The average Bonchev–Trinajstić information content (AvgIpc) is 2.46. The van der Waals surface area contributed by atoms with Gasteiger partial charge < -0.3 is 4.74 Å². The molecule has 3 unspecified atom stereocenters. The van der Waals surface area contributed by atoms with E-state index in [0.717, 1.165) is 24.4 Å². The number of hydrogen-bond acceptors (Lipinski definition) is 1. The highest BCUT2D eigenvalue weighted by Crippen LogP contribution is 2.41. The van der Waals surface area contributed by atoms with E-state index in [0.29, 0.717) is 6.10 Å². The lowest BCUT2D eigenvalue weighted by molar-refractivity contribution is -0.0102. The maximum atomic E-state index is 5.78. The maximum absolute atomic E-state index is 5.78. The highest BCUT2D eigenvalue weighted by Gasteiger charge is 2.37. The van der Waals surface area contributed by atoms with Crippen LogP contribution in [0.3, 0.4) is 0 Å². The van der Waals surface area contributed by atoms with Gasteiger partial charge in [-0.1, -0.05) is 13.8 Å². The smallest absolute Gasteiger partial charge is 0.0606 e. The van der Waals surface area contributed by atoms with Gasteiger partial charge in [-0.25, -0.2) is 0 Å². The van der Waals surface area contributed by atoms with Crippen molar-refractivity contribution < 1.29 is 4.74 Å². The number of hydrogen-bond donors (Lipinski definition) is 0. The van der Waals surface area contributed by atoms with Gasteiger partial charge in [0.2, 0.25) is 0 Å². The lowest BCUT2D eigenvalue weighted by Gasteiger charge is -2.25. The summed E-state index contributed by atoms with van der Waals surface area (Å²) in [7, 11) is 0. The molecule has 70 valence electrons. The first-order chi connectivity index (χ1) is 5.77. The van der Waals surface area contributed by atoms with Crippen LogP contribution < -0.4 is 0 Å². The zero-order chi connectivity index (χ0) is 8.55. The van der Waals surface area contributed by atoms with E-state index in [9.17, 15) is 0 Å². The molecule has 0 amide bonds. The van der Waals surface area contributed by atoms with E-state index < -0.39 is 0 Å². The van der Waals surface area contributed by atoms with Gasteiger partial charge in [0, 0.05) is 6.61 Å². The van der Waals surface area contributed by atoms with Gasteiger partial charge in [-0.05, 0) is 43.4 Å². The fraction of sp³-hybridized carbons (Fsp3) is 1.00. The molecule has 1 heteroatoms. The average molecular weight is 168 g/mol. The van der Waals surface area contributed by atoms with Crippen LogP contribution in [-0.2, 0) is 4.74 Å². The van der Waals surface area contributed by atoms with Gasteiger partial charge in [-0.3, -0.25) is 0 Å². The normalized spacial score (nSPS) is 41.8. The Labute approximate surface area is 75.5 Å². The van der Waals surface area contributed by atoms with Crippen LogP contribution in [0.15, 0.2) is 0 Å². The summed E-state index contributed by atoms with van der Waals surface area (Å²) in [6.07, 6.45) is 6.12. The molecule has 0 aromatic carbocycles. The Kier molecular flexibility index (Phi) is 2.40. The molecule has 0 spiro atoms. The summed E-state index contributed by atoms with van der Waals surface area (Å²) in [5.41, 5.74) is 0. The van der Waals surface area contributed by atoms with Crippen LogP contribution in [0.1, 0.15) is 39.5 Å². The predicted octanol–water partition coefficient (Wildman–Crippen LogP) is 2.85. The Bertz CT molecular complexity index is 139. The lowest BCUT2D eigenvalue weighted by atomic mass is 9.92. The zero-order valence-corrected chi connectivity index (χ0v) is 8.25. The summed E-state index contributed by atoms with van der Waals surface area (Å²) in [5, 5.41) is 0. The molecule has 12 heavy (non-hydrogen) atoms. The molecular formula is C11H20O. The topological polar surface area (TPSA) is 9.23 Å². The minimum absolute atomic E-state index is 0.631. The van der Waals surface area contributed by atoms with Gasteiger partial charge in [0.1, 0.15) is 0 Å². The van der Waals surface area contributed by atoms with Crippen molar-refractivity contribution in [2.24, 2.45) is 17.8 Å². The van der Waals surface area contributed by atoms with Crippen molar-refractivity contribution in [3.05, 3.63) is 0 Å². The first-order valence-corrected chi connectivity index (χ1v) is 5.39. The van der Waals surface area contributed by atoms with Crippen molar-refractivity contribution in [2.45, 2.75) is 45.6 Å². The minimum Gasteiger partial charge on any atom is -0.378 e. The van der Waals surface area contributed by atoms with Crippen molar-refractivity contribution in [1.29, 1.82) is 0 Å². The predicted molar refractivity (Wildman–Crippen MR) is 50.0 cm³/mol. The summed E-state index contributed by atoms with van der Waals surface area (Å²) >= 11 is 0. The van der Waals surface area contributed by atoms with Crippen LogP contribution in [0.4, 0.5) is 0 Å². The maximum Gasteiger partial charge on any atom is 0.0606 e. The van der Waals surface area contributed by atoms with Gasteiger partial charge in [0.05, 0.1) is 6.10 Å². The quantitative estimate of drug-likeness (QED) is 0.585. The third-order valence-corrected chi connectivity index (χ3v) is 3.66. The van der Waals surface area contributed by atoms with Gasteiger partial charge in [0.25, 0.3) is 0 Å². The van der Waals surface area contributed by atoms with E-state index >= 15 is 0 Å². The number of rotatable bonds is 1. The molecule has 2 rings (SSSR count). The van der Waals surface area contributed by atoms with Crippen LogP contribution in [-0.4, -0.2) is 12.7 Å². The third kappa shape index (κ3) is 1.52. The van der Waals surface area contributed by atoms with Crippen LogP contribution in [0.25, 0.3) is 0 Å². The summed E-state index contributed by atoms with van der Waals surface area (Å²) in [4.78, 5) is 0. The van der Waals surface area contributed by atoms with Crippen LogP contribution in [0.2, 0.25) is 0 Å². The van der Waals surface area contributed by atoms with E-state index in [1.807, 2.05) is 0 Å². The minimum atomic E-state index is 0.631. The fourth-order valence-corrected chi connectivity index (χ4v) is 2.76. The van der Waals surface area contributed by atoms with Crippen molar-refractivity contribution in [2.75, 3.05) is 6.61 Å². The molecule has 1 aliphatic heterocycles. The second kappa shape index (κ2) is 3.37. The second-order valence-electron chi connectivity index (χ2n) is 4.79. The van der Waals surface area contributed by atoms with Crippen molar-refractivity contribution in [3.63, 3.8) is 0 Å². The first-order valence-electron chi connectivity index (χ1n) is 5.39. The zero-order valence-electron chi connectivity index (χ0n) is 8.25. The molecule has 0 aromatic heterocycles. The molecule has 2 fully saturated rings. The van der Waals surface area contributed by atoms with Gasteiger partial charge in [0.15, 0.2) is 0 Å². The molecule has 1 nitrogen and oxygen atoms in total. The van der Waals surface area contributed by atoms with Gasteiger partial charge >= 0.3 is 0 Å². The monoisotopic (exact) mass is 168 g/mol. The molecule has 3 atom stereocenters. The summed E-state index contributed by atoms with van der Waals surface area (Å²) < 4.78 is 5.78. The molecule has 1 saturated heterocycles. The second-order valence-corrected chi connectivity index (χ2v) is 4.79. The van der Waals surface area contributed by atoms with Crippen LogP contribution in [0.5, 0.6) is 0 Å². The Morgan fingerprint density at radius 1 is 1.25 bits per heavy atom. The van der Waals surface area contributed by atoms with E-state index in [1.165, 1.54) is 25.7 Å². The molecule has 0 aromatic rings. The van der Waals surface area contributed by atoms with Gasteiger partial charge in [-0.15, -0.1) is 0 Å².